The van der Waals surface area contributed by atoms with Crippen molar-refractivity contribution in [2.75, 3.05) is 26.4 Å². The van der Waals surface area contributed by atoms with E-state index >= 15 is 0 Å². The SMILES string of the molecule is Cc1nc2ccc(CC(=O)N[C@H]3CCOC[C@H]3C3CCOCC3)cc2[nH]1. The zero-order chi connectivity index (χ0) is 17.9. The first-order valence-electron chi connectivity index (χ1n) is 9.59. The molecular formula is C20H27N3O3. The van der Waals surface area contributed by atoms with Crippen molar-refractivity contribution < 1.29 is 14.3 Å². The summed E-state index contributed by atoms with van der Waals surface area (Å²) < 4.78 is 11.2. The number of imidazole rings is 1. The van der Waals surface area contributed by atoms with Crippen LogP contribution in [0.5, 0.6) is 0 Å². The fourth-order valence-corrected chi connectivity index (χ4v) is 4.29. The van der Waals surface area contributed by atoms with E-state index < -0.39 is 0 Å². The average molecular weight is 357 g/mol. The lowest BCUT2D eigenvalue weighted by atomic mass is 9.79. The molecule has 6 nitrogen and oxygen atoms in total. The number of aryl methyl sites for hydroxylation is 1. The summed E-state index contributed by atoms with van der Waals surface area (Å²) in [6.45, 7) is 5.06. The van der Waals surface area contributed by atoms with Crippen LogP contribution in [0.3, 0.4) is 0 Å². The molecule has 0 radical (unpaired) electrons. The lowest BCUT2D eigenvalue weighted by molar-refractivity contribution is -0.123. The molecule has 4 rings (SSSR count). The molecule has 3 heterocycles. The molecule has 0 saturated carbocycles. The highest BCUT2D eigenvalue weighted by atomic mass is 16.5. The van der Waals surface area contributed by atoms with Gasteiger partial charge in [-0.2, -0.15) is 0 Å². The summed E-state index contributed by atoms with van der Waals surface area (Å²) in [7, 11) is 0. The molecule has 2 N–H and O–H groups in total. The number of benzene rings is 1. The molecule has 6 heteroatoms. The van der Waals surface area contributed by atoms with Crippen molar-refractivity contribution >= 4 is 16.9 Å². The largest absolute Gasteiger partial charge is 0.381 e. The van der Waals surface area contributed by atoms with E-state index in [4.69, 9.17) is 9.47 Å². The van der Waals surface area contributed by atoms with Gasteiger partial charge in [-0.1, -0.05) is 6.07 Å². The zero-order valence-corrected chi connectivity index (χ0v) is 15.3. The van der Waals surface area contributed by atoms with E-state index in [1.165, 1.54) is 0 Å². The molecule has 0 spiro atoms. The van der Waals surface area contributed by atoms with Crippen molar-refractivity contribution in [3.8, 4) is 0 Å². The lowest BCUT2D eigenvalue weighted by Crippen LogP contribution is -2.49. The number of H-pyrrole nitrogens is 1. The van der Waals surface area contributed by atoms with Gasteiger partial charge in [0, 0.05) is 31.8 Å². The molecule has 1 amide bonds. The number of fused-ring (bicyclic) bond motifs is 1. The fraction of sp³-hybridized carbons (Fsp3) is 0.600. The predicted molar refractivity (Wildman–Crippen MR) is 98.9 cm³/mol. The highest BCUT2D eigenvalue weighted by Gasteiger charge is 2.34. The number of amides is 1. The Morgan fingerprint density at radius 1 is 1.23 bits per heavy atom. The van der Waals surface area contributed by atoms with Crippen LogP contribution in [-0.4, -0.2) is 48.3 Å². The minimum Gasteiger partial charge on any atom is -0.381 e. The third-order valence-electron chi connectivity index (χ3n) is 5.65. The number of hydrogen-bond acceptors (Lipinski definition) is 4. The Morgan fingerprint density at radius 2 is 2.04 bits per heavy atom. The molecule has 140 valence electrons. The smallest absolute Gasteiger partial charge is 0.224 e. The summed E-state index contributed by atoms with van der Waals surface area (Å²) in [4.78, 5) is 20.3. The molecule has 26 heavy (non-hydrogen) atoms. The molecule has 2 aliphatic heterocycles. The summed E-state index contributed by atoms with van der Waals surface area (Å²) in [6, 6.07) is 6.19. The summed E-state index contributed by atoms with van der Waals surface area (Å²) >= 11 is 0. The maximum Gasteiger partial charge on any atom is 0.224 e. The summed E-state index contributed by atoms with van der Waals surface area (Å²) in [5.41, 5.74) is 2.93. The van der Waals surface area contributed by atoms with Crippen molar-refractivity contribution in [3.63, 3.8) is 0 Å². The monoisotopic (exact) mass is 357 g/mol. The van der Waals surface area contributed by atoms with Gasteiger partial charge in [0.25, 0.3) is 0 Å². The predicted octanol–water partition coefficient (Wildman–Crippen LogP) is 2.36. The number of hydrogen-bond donors (Lipinski definition) is 2. The van der Waals surface area contributed by atoms with E-state index in [-0.39, 0.29) is 11.9 Å². The summed E-state index contributed by atoms with van der Waals surface area (Å²) in [5.74, 6) is 1.96. The van der Waals surface area contributed by atoms with Crippen molar-refractivity contribution in [3.05, 3.63) is 29.6 Å². The van der Waals surface area contributed by atoms with Crippen molar-refractivity contribution in [2.24, 2.45) is 11.8 Å². The van der Waals surface area contributed by atoms with E-state index in [0.29, 0.717) is 18.3 Å². The number of nitrogens with zero attached hydrogens (tertiary/aromatic N) is 1. The van der Waals surface area contributed by atoms with Crippen molar-refractivity contribution in [1.82, 2.24) is 15.3 Å². The second-order valence-corrected chi connectivity index (χ2v) is 7.50. The number of nitrogens with one attached hydrogen (secondary N) is 2. The first-order valence-corrected chi connectivity index (χ1v) is 9.59. The first-order chi connectivity index (χ1) is 12.7. The van der Waals surface area contributed by atoms with Gasteiger partial charge < -0.3 is 19.8 Å². The summed E-state index contributed by atoms with van der Waals surface area (Å²) in [6.07, 6.45) is 3.42. The molecule has 2 saturated heterocycles. The zero-order valence-electron chi connectivity index (χ0n) is 15.3. The number of rotatable bonds is 4. The summed E-state index contributed by atoms with van der Waals surface area (Å²) in [5, 5.41) is 3.28. The van der Waals surface area contributed by atoms with Crippen molar-refractivity contribution in [1.29, 1.82) is 0 Å². The Kier molecular flexibility index (Phi) is 5.22. The molecule has 2 aromatic rings. The van der Waals surface area contributed by atoms with Gasteiger partial charge in [0.05, 0.1) is 24.1 Å². The van der Waals surface area contributed by atoms with E-state index in [1.807, 2.05) is 25.1 Å². The van der Waals surface area contributed by atoms with Gasteiger partial charge in [-0.15, -0.1) is 0 Å². The Morgan fingerprint density at radius 3 is 2.88 bits per heavy atom. The Labute approximate surface area is 153 Å². The van der Waals surface area contributed by atoms with Crippen LogP contribution in [0.4, 0.5) is 0 Å². The molecule has 2 fully saturated rings. The van der Waals surface area contributed by atoms with Crippen LogP contribution >= 0.6 is 0 Å². The van der Waals surface area contributed by atoms with Crippen LogP contribution in [0.2, 0.25) is 0 Å². The molecule has 1 aromatic carbocycles. The van der Waals surface area contributed by atoms with E-state index in [9.17, 15) is 4.79 Å². The Bertz CT molecular complexity index is 767. The van der Waals surface area contributed by atoms with Gasteiger partial charge in [-0.3, -0.25) is 4.79 Å². The Balaban J connectivity index is 1.40. The van der Waals surface area contributed by atoms with Gasteiger partial charge >= 0.3 is 0 Å². The van der Waals surface area contributed by atoms with E-state index in [2.05, 4.69) is 15.3 Å². The molecule has 0 unspecified atom stereocenters. The number of aromatic amines is 1. The normalized spacial score (nSPS) is 24.7. The number of ether oxygens (including phenoxy) is 2. The lowest BCUT2D eigenvalue weighted by Gasteiger charge is -2.39. The van der Waals surface area contributed by atoms with E-state index in [0.717, 1.165) is 68.1 Å². The van der Waals surface area contributed by atoms with Gasteiger partial charge in [0.2, 0.25) is 5.91 Å². The van der Waals surface area contributed by atoms with E-state index in [1.54, 1.807) is 0 Å². The molecule has 2 aliphatic rings. The maximum atomic E-state index is 12.6. The van der Waals surface area contributed by atoms with Crippen LogP contribution < -0.4 is 5.32 Å². The van der Waals surface area contributed by atoms with Gasteiger partial charge in [0.1, 0.15) is 5.82 Å². The van der Waals surface area contributed by atoms with Gasteiger partial charge in [0.15, 0.2) is 0 Å². The number of aromatic nitrogens is 2. The third kappa shape index (κ3) is 3.91. The second-order valence-electron chi connectivity index (χ2n) is 7.50. The Hall–Kier alpha value is -1.92. The highest BCUT2D eigenvalue weighted by Crippen LogP contribution is 2.30. The number of carbonyl (C=O) groups is 1. The average Bonchev–Trinajstić information content (AvgIpc) is 3.02. The highest BCUT2D eigenvalue weighted by molar-refractivity contribution is 5.82. The maximum absolute atomic E-state index is 12.6. The standard InChI is InChI=1S/C20H27N3O3/c1-13-21-18-3-2-14(10-19(18)22-13)11-20(24)23-17-6-9-26-12-16(17)15-4-7-25-8-5-15/h2-3,10,15-17H,4-9,11-12H2,1H3,(H,21,22)(H,23,24)/t16-,17-/m0/s1. The molecule has 0 aliphatic carbocycles. The van der Waals surface area contributed by atoms with Crippen LogP contribution in [0.15, 0.2) is 18.2 Å². The van der Waals surface area contributed by atoms with Crippen LogP contribution in [0.25, 0.3) is 11.0 Å². The van der Waals surface area contributed by atoms with Gasteiger partial charge in [-0.25, -0.2) is 4.98 Å². The molecule has 0 bridgehead atoms. The molecule has 2 atom stereocenters. The minimum absolute atomic E-state index is 0.0875. The quantitative estimate of drug-likeness (QED) is 0.881. The second kappa shape index (κ2) is 7.76. The van der Waals surface area contributed by atoms with Crippen LogP contribution in [0, 0.1) is 18.8 Å². The van der Waals surface area contributed by atoms with Crippen molar-refractivity contribution in [2.45, 2.75) is 38.6 Å². The minimum atomic E-state index is 0.0875. The topological polar surface area (TPSA) is 76.2 Å². The van der Waals surface area contributed by atoms with Gasteiger partial charge in [-0.05, 0) is 49.8 Å². The third-order valence-corrected chi connectivity index (χ3v) is 5.65. The van der Waals surface area contributed by atoms with Crippen LogP contribution in [0.1, 0.15) is 30.7 Å². The molecular weight excluding hydrogens is 330 g/mol. The first kappa shape index (κ1) is 17.5. The fourth-order valence-electron chi connectivity index (χ4n) is 4.29. The molecule has 1 aromatic heterocycles. The van der Waals surface area contributed by atoms with Crippen LogP contribution in [-0.2, 0) is 20.7 Å². The number of carbonyl (C=O) groups excluding carboxylic acids is 1.